The molecule has 3 N–H and O–H groups in total. The number of para-hydroxylation sites is 2. The third kappa shape index (κ3) is 3.04. The van der Waals surface area contributed by atoms with E-state index in [4.69, 9.17) is 5.73 Å². The van der Waals surface area contributed by atoms with Gasteiger partial charge in [0.05, 0.1) is 11.4 Å². The van der Waals surface area contributed by atoms with E-state index >= 15 is 0 Å². The average molecular weight is 255 g/mol. The summed E-state index contributed by atoms with van der Waals surface area (Å²) in [6, 6.07) is 14.7. The van der Waals surface area contributed by atoms with Crippen molar-refractivity contribution >= 4 is 23.1 Å². The monoisotopic (exact) mass is 255 g/mol. The molecule has 0 bridgehead atoms. The van der Waals surface area contributed by atoms with Crippen molar-refractivity contribution in [2.24, 2.45) is 0 Å². The number of nitrogens with two attached hydrogens (primary N) is 1. The standard InChI is InChI=1S/C15H17N3O/c1-11-7-9-12(10-8-11)17-15(19)18(2)14-6-4-3-5-13(14)16/h3-10H,16H2,1-2H3,(H,17,19). The molecule has 4 heteroatoms. The third-order valence-electron chi connectivity index (χ3n) is 2.91. The van der Waals surface area contributed by atoms with Crippen LogP contribution in [0.2, 0.25) is 0 Å². The molecule has 0 radical (unpaired) electrons. The van der Waals surface area contributed by atoms with Crippen molar-refractivity contribution in [3.8, 4) is 0 Å². The van der Waals surface area contributed by atoms with Gasteiger partial charge in [-0.15, -0.1) is 0 Å². The van der Waals surface area contributed by atoms with Gasteiger partial charge < -0.3 is 11.1 Å². The number of urea groups is 1. The number of carbonyl (C=O) groups excluding carboxylic acids is 1. The molecular weight excluding hydrogens is 238 g/mol. The van der Waals surface area contributed by atoms with Gasteiger partial charge in [-0.2, -0.15) is 0 Å². The third-order valence-corrected chi connectivity index (χ3v) is 2.91. The Kier molecular flexibility index (Phi) is 3.71. The first-order valence-corrected chi connectivity index (χ1v) is 6.04. The van der Waals surface area contributed by atoms with Crippen LogP contribution in [0.3, 0.4) is 0 Å². The molecule has 0 atom stereocenters. The highest BCUT2D eigenvalue weighted by Gasteiger charge is 2.12. The minimum Gasteiger partial charge on any atom is -0.397 e. The van der Waals surface area contributed by atoms with Crippen LogP contribution in [0.1, 0.15) is 5.56 Å². The molecule has 0 fully saturated rings. The lowest BCUT2D eigenvalue weighted by molar-refractivity contribution is 0.258. The number of nitrogens with one attached hydrogen (secondary N) is 1. The van der Waals surface area contributed by atoms with E-state index in [1.807, 2.05) is 49.4 Å². The predicted octanol–water partition coefficient (Wildman–Crippen LogP) is 3.25. The van der Waals surface area contributed by atoms with Crippen molar-refractivity contribution in [2.75, 3.05) is 23.0 Å². The first-order valence-electron chi connectivity index (χ1n) is 6.04. The van der Waals surface area contributed by atoms with Crippen molar-refractivity contribution in [2.45, 2.75) is 6.92 Å². The molecule has 19 heavy (non-hydrogen) atoms. The zero-order chi connectivity index (χ0) is 13.8. The molecule has 2 aromatic rings. The van der Waals surface area contributed by atoms with Crippen LogP contribution in [0, 0.1) is 6.92 Å². The van der Waals surface area contributed by atoms with Gasteiger partial charge in [0.15, 0.2) is 0 Å². The number of rotatable bonds is 2. The van der Waals surface area contributed by atoms with Gasteiger partial charge in [0, 0.05) is 12.7 Å². The van der Waals surface area contributed by atoms with Crippen LogP contribution in [0.5, 0.6) is 0 Å². The Hall–Kier alpha value is -2.49. The topological polar surface area (TPSA) is 58.4 Å². The molecule has 0 heterocycles. The second-order valence-electron chi connectivity index (χ2n) is 4.41. The highest BCUT2D eigenvalue weighted by molar-refractivity contribution is 6.03. The van der Waals surface area contributed by atoms with E-state index < -0.39 is 0 Å². The van der Waals surface area contributed by atoms with Crippen molar-refractivity contribution in [1.29, 1.82) is 0 Å². The van der Waals surface area contributed by atoms with Crippen molar-refractivity contribution < 1.29 is 4.79 Å². The molecule has 98 valence electrons. The van der Waals surface area contributed by atoms with E-state index in [9.17, 15) is 4.79 Å². The van der Waals surface area contributed by atoms with Crippen molar-refractivity contribution in [1.82, 2.24) is 0 Å². The fourth-order valence-corrected chi connectivity index (χ4v) is 1.75. The normalized spacial score (nSPS) is 10.0. The number of benzene rings is 2. The van der Waals surface area contributed by atoms with Gasteiger partial charge in [-0.1, -0.05) is 29.8 Å². The van der Waals surface area contributed by atoms with Gasteiger partial charge in [-0.25, -0.2) is 4.79 Å². The number of aryl methyl sites for hydroxylation is 1. The van der Waals surface area contributed by atoms with Crippen LogP contribution < -0.4 is 16.0 Å². The Labute approximate surface area is 112 Å². The predicted molar refractivity (Wildman–Crippen MR) is 79.5 cm³/mol. The Morgan fingerprint density at radius 1 is 1.11 bits per heavy atom. The Balaban J connectivity index is 2.12. The number of hydrogen-bond donors (Lipinski definition) is 2. The van der Waals surface area contributed by atoms with E-state index in [1.54, 1.807) is 13.1 Å². The molecule has 0 aliphatic carbocycles. The van der Waals surface area contributed by atoms with Crippen molar-refractivity contribution in [3.63, 3.8) is 0 Å². The highest BCUT2D eigenvalue weighted by atomic mass is 16.2. The Morgan fingerprint density at radius 2 is 1.74 bits per heavy atom. The first-order chi connectivity index (χ1) is 9.08. The van der Waals surface area contributed by atoms with Crippen LogP contribution in [-0.4, -0.2) is 13.1 Å². The molecule has 0 aliphatic rings. The lowest BCUT2D eigenvalue weighted by atomic mass is 10.2. The summed E-state index contributed by atoms with van der Waals surface area (Å²) in [4.78, 5) is 13.6. The van der Waals surface area contributed by atoms with Gasteiger partial charge in [-0.3, -0.25) is 4.90 Å². The van der Waals surface area contributed by atoms with Crippen molar-refractivity contribution in [3.05, 3.63) is 54.1 Å². The Bertz CT molecular complexity index is 578. The second kappa shape index (κ2) is 5.44. The second-order valence-corrected chi connectivity index (χ2v) is 4.41. The zero-order valence-electron chi connectivity index (χ0n) is 11.1. The molecule has 0 aliphatic heterocycles. The van der Waals surface area contributed by atoms with E-state index in [0.29, 0.717) is 11.4 Å². The lowest BCUT2D eigenvalue weighted by Crippen LogP contribution is -2.31. The summed E-state index contributed by atoms with van der Waals surface area (Å²) in [5.74, 6) is 0. The number of hydrogen-bond acceptors (Lipinski definition) is 2. The summed E-state index contributed by atoms with van der Waals surface area (Å²) in [7, 11) is 1.69. The summed E-state index contributed by atoms with van der Waals surface area (Å²) < 4.78 is 0. The van der Waals surface area contributed by atoms with Gasteiger partial charge in [0.25, 0.3) is 0 Å². The summed E-state index contributed by atoms with van der Waals surface area (Å²) in [5.41, 5.74) is 9.02. The number of carbonyl (C=O) groups is 1. The highest BCUT2D eigenvalue weighted by Crippen LogP contribution is 2.21. The minimum absolute atomic E-state index is 0.221. The minimum atomic E-state index is -0.221. The van der Waals surface area contributed by atoms with Gasteiger partial charge in [-0.05, 0) is 31.2 Å². The maximum Gasteiger partial charge on any atom is 0.326 e. The van der Waals surface area contributed by atoms with E-state index in [1.165, 1.54) is 4.90 Å². The number of amides is 2. The SMILES string of the molecule is Cc1ccc(NC(=O)N(C)c2ccccc2N)cc1. The molecular formula is C15H17N3O. The van der Waals surface area contributed by atoms with Crippen LogP contribution in [0.4, 0.5) is 21.9 Å². The van der Waals surface area contributed by atoms with Gasteiger partial charge in [0.1, 0.15) is 0 Å². The fourth-order valence-electron chi connectivity index (χ4n) is 1.75. The van der Waals surface area contributed by atoms with E-state index in [0.717, 1.165) is 11.3 Å². The van der Waals surface area contributed by atoms with Crippen LogP contribution in [0.25, 0.3) is 0 Å². The van der Waals surface area contributed by atoms with Crippen LogP contribution in [0.15, 0.2) is 48.5 Å². The zero-order valence-corrected chi connectivity index (χ0v) is 11.1. The number of nitrogen functional groups attached to an aromatic ring is 1. The maximum atomic E-state index is 12.1. The summed E-state index contributed by atoms with van der Waals surface area (Å²) in [5, 5.41) is 2.83. The van der Waals surface area contributed by atoms with E-state index in [2.05, 4.69) is 5.32 Å². The molecule has 4 nitrogen and oxygen atoms in total. The fraction of sp³-hybridized carbons (Fsp3) is 0.133. The number of anilines is 3. The molecule has 2 aromatic carbocycles. The Morgan fingerprint density at radius 3 is 2.37 bits per heavy atom. The average Bonchev–Trinajstić information content (AvgIpc) is 2.41. The smallest absolute Gasteiger partial charge is 0.326 e. The summed E-state index contributed by atoms with van der Waals surface area (Å²) in [6.07, 6.45) is 0. The molecule has 0 unspecified atom stereocenters. The summed E-state index contributed by atoms with van der Waals surface area (Å²) >= 11 is 0. The molecule has 2 rings (SSSR count). The molecule has 0 aromatic heterocycles. The molecule has 0 saturated carbocycles. The van der Waals surface area contributed by atoms with Gasteiger partial charge in [0.2, 0.25) is 0 Å². The lowest BCUT2D eigenvalue weighted by Gasteiger charge is -2.19. The van der Waals surface area contributed by atoms with Gasteiger partial charge >= 0.3 is 6.03 Å². The largest absolute Gasteiger partial charge is 0.397 e. The quantitative estimate of drug-likeness (QED) is 0.809. The summed E-state index contributed by atoms with van der Waals surface area (Å²) in [6.45, 7) is 2.00. The van der Waals surface area contributed by atoms with Crippen LogP contribution in [-0.2, 0) is 0 Å². The van der Waals surface area contributed by atoms with Crippen LogP contribution >= 0.6 is 0 Å². The molecule has 0 spiro atoms. The molecule has 2 amide bonds. The first kappa shape index (κ1) is 13.0. The van der Waals surface area contributed by atoms with E-state index in [-0.39, 0.29) is 6.03 Å². The molecule has 0 saturated heterocycles. The maximum absolute atomic E-state index is 12.1. The number of nitrogens with zero attached hydrogens (tertiary/aromatic N) is 1.